The smallest absolute Gasteiger partial charge is 0.268 e. The first-order chi connectivity index (χ1) is 27.0. The highest BCUT2D eigenvalue weighted by atomic mass is 31.2. The summed E-state index contributed by atoms with van der Waals surface area (Å²) in [6.45, 7) is 4.58. The number of quaternary nitrogens is 1. The third-order valence-corrected chi connectivity index (χ3v) is 11.3. The van der Waals surface area contributed by atoms with Crippen molar-refractivity contribution in [2.45, 2.75) is 219 Å². The van der Waals surface area contributed by atoms with Crippen molar-refractivity contribution in [3.05, 3.63) is 36.5 Å². The van der Waals surface area contributed by atoms with Crippen LogP contribution in [0.5, 0.6) is 0 Å². The number of hydrogen-bond acceptors (Lipinski definition) is 6. The molecule has 0 spiro atoms. The second-order valence-corrected chi connectivity index (χ2v) is 18.5. The van der Waals surface area contributed by atoms with Gasteiger partial charge in [0.15, 0.2) is 0 Å². The number of hydrogen-bond donors (Lipinski definition) is 2. The van der Waals surface area contributed by atoms with Crippen molar-refractivity contribution in [1.29, 1.82) is 0 Å². The van der Waals surface area contributed by atoms with Crippen LogP contribution in [0.4, 0.5) is 0 Å². The van der Waals surface area contributed by atoms with Gasteiger partial charge in [0.1, 0.15) is 13.2 Å². The zero-order valence-electron chi connectivity index (χ0n) is 37.3. The van der Waals surface area contributed by atoms with Crippen molar-refractivity contribution in [2.75, 3.05) is 40.9 Å². The molecule has 0 heterocycles. The molecule has 3 atom stereocenters. The largest absolute Gasteiger partial charge is 0.756 e. The lowest BCUT2D eigenvalue weighted by atomic mass is 10.0. The van der Waals surface area contributed by atoms with Gasteiger partial charge in [-0.05, 0) is 64.2 Å². The molecule has 0 aliphatic rings. The summed E-state index contributed by atoms with van der Waals surface area (Å²) >= 11 is 0. The number of aliphatic hydroxyl groups is 1. The molecule has 0 saturated carbocycles. The number of phosphoric acid groups is 1. The molecule has 1 amide bonds. The Kier molecular flexibility index (Phi) is 38.3. The monoisotopic (exact) mass is 811 g/mol. The van der Waals surface area contributed by atoms with Crippen molar-refractivity contribution < 1.29 is 32.9 Å². The van der Waals surface area contributed by atoms with Gasteiger partial charge in [-0.2, -0.15) is 0 Å². The summed E-state index contributed by atoms with van der Waals surface area (Å²) in [5.74, 6) is -0.202. The Morgan fingerprint density at radius 3 is 1.46 bits per heavy atom. The molecule has 0 aliphatic carbocycles. The zero-order valence-corrected chi connectivity index (χ0v) is 38.2. The number of phosphoric ester groups is 1. The summed E-state index contributed by atoms with van der Waals surface area (Å²) in [6, 6.07) is -0.888. The molecule has 1 unspecified atom stereocenters. The fraction of sp³-hybridized carbons (Fsp3) is 0.851. The van der Waals surface area contributed by atoms with Gasteiger partial charge in [0.25, 0.3) is 7.82 Å². The highest BCUT2D eigenvalue weighted by Gasteiger charge is 2.23. The second-order valence-electron chi connectivity index (χ2n) is 17.1. The Bertz CT molecular complexity index is 1010. The van der Waals surface area contributed by atoms with Crippen LogP contribution in [0.25, 0.3) is 0 Å². The Balaban J connectivity index is 4.32. The van der Waals surface area contributed by atoms with Crippen LogP contribution in [0, 0.1) is 0 Å². The maximum Gasteiger partial charge on any atom is 0.268 e. The average molecular weight is 811 g/mol. The van der Waals surface area contributed by atoms with E-state index in [0.717, 1.165) is 38.5 Å². The van der Waals surface area contributed by atoms with Crippen molar-refractivity contribution in [3.8, 4) is 0 Å². The fourth-order valence-corrected chi connectivity index (χ4v) is 7.28. The number of nitrogens with zero attached hydrogens (tertiary/aromatic N) is 1. The molecular weight excluding hydrogens is 719 g/mol. The van der Waals surface area contributed by atoms with Gasteiger partial charge in [-0.25, -0.2) is 0 Å². The number of carbonyl (C=O) groups is 1. The molecule has 0 bridgehead atoms. The minimum Gasteiger partial charge on any atom is -0.756 e. The molecule has 0 fully saturated rings. The van der Waals surface area contributed by atoms with E-state index in [9.17, 15) is 19.4 Å². The summed E-state index contributed by atoms with van der Waals surface area (Å²) in [6.07, 6.45) is 47.6. The van der Waals surface area contributed by atoms with Gasteiger partial charge in [-0.1, -0.05) is 172 Å². The van der Waals surface area contributed by atoms with E-state index in [1.54, 1.807) is 6.08 Å². The lowest BCUT2D eigenvalue weighted by molar-refractivity contribution is -0.870. The highest BCUT2D eigenvalue weighted by Crippen LogP contribution is 2.38. The van der Waals surface area contributed by atoms with E-state index < -0.39 is 20.0 Å². The molecule has 8 nitrogen and oxygen atoms in total. The van der Waals surface area contributed by atoms with Crippen LogP contribution in [0.3, 0.4) is 0 Å². The van der Waals surface area contributed by atoms with Crippen molar-refractivity contribution in [2.24, 2.45) is 0 Å². The van der Waals surface area contributed by atoms with Crippen LogP contribution in [-0.4, -0.2) is 68.5 Å². The van der Waals surface area contributed by atoms with Crippen molar-refractivity contribution >= 4 is 13.7 Å². The third kappa shape index (κ3) is 40.9. The van der Waals surface area contributed by atoms with Crippen LogP contribution in [-0.2, 0) is 18.4 Å². The van der Waals surface area contributed by atoms with E-state index in [1.165, 1.54) is 148 Å². The normalized spacial score (nSPS) is 14.6. The first-order valence-electron chi connectivity index (χ1n) is 23.4. The van der Waals surface area contributed by atoms with E-state index in [0.29, 0.717) is 17.4 Å². The summed E-state index contributed by atoms with van der Waals surface area (Å²) in [5.41, 5.74) is 0. The molecule has 0 aliphatic heterocycles. The second kappa shape index (κ2) is 39.2. The standard InChI is InChI=1S/C47H91N2O6P/c1-6-8-10-12-14-16-18-20-21-22-23-24-25-26-27-29-31-33-35-37-39-41-47(51)48-45(44-55-56(52,53)54-43-42-49(3,4)5)46(50)40-38-36-34-32-30-28-19-17-15-13-11-9-7-2/h11,13,20-21,38,40,45-46,50H,6-10,12,14-19,22-37,39,41-44H2,1-5H3,(H-,48,51,52,53)/b13-11+,21-20+,40-38+/t45-,46+/m0/s1. The molecule has 9 heteroatoms. The van der Waals surface area contributed by atoms with Gasteiger partial charge in [0.2, 0.25) is 5.91 Å². The van der Waals surface area contributed by atoms with Gasteiger partial charge < -0.3 is 28.8 Å². The molecule has 0 aromatic heterocycles. The first-order valence-corrected chi connectivity index (χ1v) is 24.8. The van der Waals surface area contributed by atoms with Gasteiger partial charge in [0.05, 0.1) is 39.9 Å². The molecule has 2 N–H and O–H groups in total. The van der Waals surface area contributed by atoms with Gasteiger partial charge in [-0.15, -0.1) is 0 Å². The Morgan fingerprint density at radius 1 is 0.607 bits per heavy atom. The highest BCUT2D eigenvalue weighted by molar-refractivity contribution is 7.45. The lowest BCUT2D eigenvalue weighted by Gasteiger charge is -2.29. The SMILES string of the molecule is CCC/C=C/CCCCCCCC/C=C/[C@@H](O)[C@H](COP(=O)([O-])OCC[N+](C)(C)C)NC(=O)CCCCCCCCCCCCC/C=C/CCCCCCCC. The Morgan fingerprint density at radius 2 is 1.02 bits per heavy atom. The predicted octanol–water partition coefficient (Wildman–Crippen LogP) is 12.5. The minimum atomic E-state index is -4.59. The molecule has 330 valence electrons. The number of aliphatic hydroxyl groups excluding tert-OH is 1. The van der Waals surface area contributed by atoms with Crippen LogP contribution in [0.2, 0.25) is 0 Å². The number of amides is 1. The van der Waals surface area contributed by atoms with Gasteiger partial charge in [0, 0.05) is 6.42 Å². The number of carbonyl (C=O) groups excluding carboxylic acids is 1. The Hall–Kier alpha value is -1.28. The summed E-state index contributed by atoms with van der Waals surface area (Å²) < 4.78 is 23.2. The van der Waals surface area contributed by atoms with Crippen LogP contribution < -0.4 is 10.2 Å². The zero-order chi connectivity index (χ0) is 41.4. The predicted molar refractivity (Wildman–Crippen MR) is 238 cm³/mol. The first kappa shape index (κ1) is 54.7. The number of allylic oxidation sites excluding steroid dienone is 5. The van der Waals surface area contributed by atoms with Crippen LogP contribution in [0.1, 0.15) is 206 Å². The lowest BCUT2D eigenvalue weighted by Crippen LogP contribution is -2.45. The molecule has 0 radical (unpaired) electrons. The number of nitrogens with one attached hydrogen (secondary N) is 1. The van der Waals surface area contributed by atoms with Crippen LogP contribution in [0.15, 0.2) is 36.5 Å². The third-order valence-electron chi connectivity index (χ3n) is 10.3. The number of unbranched alkanes of at least 4 members (excludes halogenated alkanes) is 25. The van der Waals surface area contributed by atoms with Crippen molar-refractivity contribution in [1.82, 2.24) is 5.32 Å². The summed E-state index contributed by atoms with van der Waals surface area (Å²) in [5, 5.41) is 13.8. The summed E-state index contributed by atoms with van der Waals surface area (Å²) in [4.78, 5) is 25.3. The van der Waals surface area contributed by atoms with E-state index in [2.05, 4.69) is 43.5 Å². The number of likely N-dealkylation sites (N-methyl/N-ethyl adjacent to an activating group) is 1. The van der Waals surface area contributed by atoms with E-state index in [1.807, 2.05) is 27.2 Å². The average Bonchev–Trinajstić information content (AvgIpc) is 3.15. The summed E-state index contributed by atoms with van der Waals surface area (Å²) in [7, 11) is 1.25. The topological polar surface area (TPSA) is 108 Å². The van der Waals surface area contributed by atoms with E-state index in [4.69, 9.17) is 9.05 Å². The molecule has 0 aromatic carbocycles. The van der Waals surface area contributed by atoms with Crippen molar-refractivity contribution in [3.63, 3.8) is 0 Å². The molecule has 0 aromatic rings. The fourth-order valence-electron chi connectivity index (χ4n) is 6.56. The maximum atomic E-state index is 12.9. The molecule has 0 rings (SSSR count). The number of rotatable bonds is 42. The molecular formula is C47H91N2O6P. The molecule has 0 saturated heterocycles. The van der Waals surface area contributed by atoms with Gasteiger partial charge >= 0.3 is 0 Å². The van der Waals surface area contributed by atoms with E-state index >= 15 is 0 Å². The quantitative estimate of drug-likeness (QED) is 0.0275. The van der Waals surface area contributed by atoms with Gasteiger partial charge in [-0.3, -0.25) is 9.36 Å². The Labute approximate surface area is 347 Å². The molecule has 56 heavy (non-hydrogen) atoms. The minimum absolute atomic E-state index is 0.00273. The van der Waals surface area contributed by atoms with Crippen LogP contribution >= 0.6 is 7.82 Å². The maximum absolute atomic E-state index is 12.9. The van der Waals surface area contributed by atoms with E-state index in [-0.39, 0.29) is 19.1 Å².